The number of carboxylic acids is 2. The van der Waals surface area contributed by atoms with E-state index in [9.17, 15) is 0 Å². The van der Waals surface area contributed by atoms with Crippen LogP contribution in [0.4, 0.5) is 0 Å². The van der Waals surface area contributed by atoms with Crippen molar-refractivity contribution in [2.75, 3.05) is 32.7 Å². The van der Waals surface area contributed by atoms with E-state index < -0.39 is 11.9 Å². The second-order valence-electron chi connectivity index (χ2n) is 7.91. The molecule has 1 heterocycles. The number of nitrogens with zero attached hydrogens (tertiary/aromatic N) is 2. The highest BCUT2D eigenvalue weighted by Crippen LogP contribution is 2.28. The number of hydrogen-bond acceptors (Lipinski definition) is 4. The third-order valence-electron chi connectivity index (χ3n) is 5.91. The summed E-state index contributed by atoms with van der Waals surface area (Å²) in [6.45, 7) is 8.87. The van der Waals surface area contributed by atoms with Gasteiger partial charge >= 0.3 is 11.9 Å². The molecule has 0 amide bonds. The van der Waals surface area contributed by atoms with Crippen molar-refractivity contribution < 1.29 is 19.8 Å². The SMILES string of the molecule is CC1CCCCC1N1CCN(CCCc2ccccc2)CC1.O=C(O)C(=O)O. The molecule has 6 heteroatoms. The first-order valence-corrected chi connectivity index (χ1v) is 10.4. The molecule has 3 rings (SSSR count). The zero-order valence-corrected chi connectivity index (χ0v) is 16.9. The van der Waals surface area contributed by atoms with Gasteiger partial charge in [-0.25, -0.2) is 9.59 Å². The molecular formula is C22H34N2O4. The van der Waals surface area contributed by atoms with E-state index in [4.69, 9.17) is 19.8 Å². The summed E-state index contributed by atoms with van der Waals surface area (Å²) in [4.78, 5) is 23.7. The molecule has 0 spiro atoms. The fourth-order valence-corrected chi connectivity index (χ4v) is 4.31. The number of piperazine rings is 1. The monoisotopic (exact) mass is 390 g/mol. The summed E-state index contributed by atoms with van der Waals surface area (Å²) in [6.07, 6.45) is 8.31. The molecular weight excluding hydrogens is 356 g/mol. The van der Waals surface area contributed by atoms with Crippen LogP contribution < -0.4 is 0 Å². The molecule has 1 saturated carbocycles. The van der Waals surface area contributed by atoms with Crippen molar-refractivity contribution in [1.82, 2.24) is 9.80 Å². The summed E-state index contributed by atoms with van der Waals surface area (Å²) in [6, 6.07) is 11.8. The third-order valence-corrected chi connectivity index (χ3v) is 5.91. The Morgan fingerprint density at radius 2 is 1.57 bits per heavy atom. The Morgan fingerprint density at radius 3 is 2.14 bits per heavy atom. The lowest BCUT2D eigenvalue weighted by molar-refractivity contribution is -0.159. The molecule has 2 fully saturated rings. The highest BCUT2D eigenvalue weighted by Gasteiger charge is 2.29. The summed E-state index contributed by atoms with van der Waals surface area (Å²) < 4.78 is 0. The molecule has 156 valence electrons. The maximum atomic E-state index is 9.10. The van der Waals surface area contributed by atoms with E-state index in [1.165, 1.54) is 76.8 Å². The molecule has 1 aromatic rings. The first-order valence-electron chi connectivity index (χ1n) is 10.4. The molecule has 2 atom stereocenters. The van der Waals surface area contributed by atoms with Gasteiger partial charge in [-0.2, -0.15) is 0 Å². The smallest absolute Gasteiger partial charge is 0.414 e. The summed E-state index contributed by atoms with van der Waals surface area (Å²) in [5.74, 6) is -2.73. The Hall–Kier alpha value is -1.92. The van der Waals surface area contributed by atoms with Gasteiger partial charge in [0.1, 0.15) is 0 Å². The zero-order chi connectivity index (χ0) is 20.4. The van der Waals surface area contributed by atoms with Crippen LogP contribution in [0.3, 0.4) is 0 Å². The van der Waals surface area contributed by atoms with Crippen LogP contribution in [0.15, 0.2) is 30.3 Å². The predicted molar refractivity (Wildman–Crippen MR) is 109 cm³/mol. The Labute approximate surface area is 168 Å². The number of aryl methyl sites for hydroxylation is 1. The number of carboxylic acid groups (broad SMARTS) is 2. The van der Waals surface area contributed by atoms with Crippen molar-refractivity contribution in [3.63, 3.8) is 0 Å². The summed E-state index contributed by atoms with van der Waals surface area (Å²) in [5.41, 5.74) is 1.48. The van der Waals surface area contributed by atoms with Gasteiger partial charge in [0.2, 0.25) is 0 Å². The minimum Gasteiger partial charge on any atom is -0.473 e. The second kappa shape index (κ2) is 11.8. The van der Waals surface area contributed by atoms with Gasteiger partial charge in [-0.1, -0.05) is 50.1 Å². The van der Waals surface area contributed by atoms with Gasteiger partial charge in [-0.15, -0.1) is 0 Å². The third kappa shape index (κ3) is 7.60. The molecule has 1 aromatic carbocycles. The first kappa shape index (κ1) is 22.4. The van der Waals surface area contributed by atoms with Crippen molar-refractivity contribution in [2.24, 2.45) is 5.92 Å². The lowest BCUT2D eigenvalue weighted by Crippen LogP contribution is -2.52. The molecule has 0 bridgehead atoms. The first-order chi connectivity index (χ1) is 13.5. The maximum absolute atomic E-state index is 9.10. The lowest BCUT2D eigenvalue weighted by atomic mass is 9.84. The number of rotatable bonds is 5. The van der Waals surface area contributed by atoms with Gasteiger partial charge in [0, 0.05) is 32.2 Å². The van der Waals surface area contributed by atoms with Gasteiger partial charge < -0.3 is 15.1 Å². The standard InChI is InChI=1S/C20H32N2.C2H2O4/c1-18-8-5-6-12-20(18)22-16-14-21(15-17-22)13-7-11-19-9-3-2-4-10-19;3-1(4)2(5)6/h2-4,9-10,18,20H,5-8,11-17H2,1H3;(H,3,4)(H,5,6). The van der Waals surface area contributed by atoms with Crippen molar-refractivity contribution >= 4 is 11.9 Å². The van der Waals surface area contributed by atoms with Gasteiger partial charge in [0.15, 0.2) is 0 Å². The van der Waals surface area contributed by atoms with Crippen molar-refractivity contribution in [3.8, 4) is 0 Å². The van der Waals surface area contributed by atoms with Crippen molar-refractivity contribution in [1.29, 1.82) is 0 Å². The van der Waals surface area contributed by atoms with Crippen LogP contribution in [0.2, 0.25) is 0 Å². The largest absolute Gasteiger partial charge is 0.473 e. The summed E-state index contributed by atoms with van der Waals surface area (Å²) >= 11 is 0. The van der Waals surface area contributed by atoms with Crippen molar-refractivity contribution in [2.45, 2.75) is 51.5 Å². The number of hydrogen-bond donors (Lipinski definition) is 2. The summed E-state index contributed by atoms with van der Waals surface area (Å²) in [7, 11) is 0. The Balaban J connectivity index is 0.000000409. The van der Waals surface area contributed by atoms with Gasteiger partial charge in [0.25, 0.3) is 0 Å². The van der Waals surface area contributed by atoms with Gasteiger partial charge in [-0.05, 0) is 43.7 Å². The van der Waals surface area contributed by atoms with Crippen molar-refractivity contribution in [3.05, 3.63) is 35.9 Å². The minimum absolute atomic E-state index is 0.875. The Kier molecular flexibility index (Phi) is 9.44. The highest BCUT2D eigenvalue weighted by atomic mass is 16.4. The van der Waals surface area contributed by atoms with Gasteiger partial charge in [0.05, 0.1) is 0 Å². The lowest BCUT2D eigenvalue weighted by Gasteiger charge is -2.43. The molecule has 0 radical (unpaired) electrons. The topological polar surface area (TPSA) is 81.1 Å². The molecule has 2 N–H and O–H groups in total. The van der Waals surface area contributed by atoms with Crippen LogP contribution >= 0.6 is 0 Å². The molecule has 28 heavy (non-hydrogen) atoms. The molecule has 1 aliphatic carbocycles. The normalized spacial score (nSPS) is 23.5. The maximum Gasteiger partial charge on any atom is 0.414 e. The van der Waals surface area contributed by atoms with Crippen LogP contribution in [0.1, 0.15) is 44.6 Å². The van der Waals surface area contributed by atoms with E-state index in [2.05, 4.69) is 47.1 Å². The van der Waals surface area contributed by atoms with E-state index in [1.807, 2.05) is 0 Å². The average molecular weight is 391 g/mol. The quantitative estimate of drug-likeness (QED) is 0.753. The Bertz CT molecular complexity index is 588. The van der Waals surface area contributed by atoms with Crippen LogP contribution in [0, 0.1) is 5.92 Å². The van der Waals surface area contributed by atoms with Crippen LogP contribution in [-0.4, -0.2) is 70.7 Å². The highest BCUT2D eigenvalue weighted by molar-refractivity contribution is 6.27. The van der Waals surface area contributed by atoms with E-state index in [0.29, 0.717) is 0 Å². The predicted octanol–water partition coefficient (Wildman–Crippen LogP) is 2.97. The minimum atomic E-state index is -1.82. The molecule has 1 aliphatic heterocycles. The molecule has 0 aromatic heterocycles. The van der Waals surface area contributed by atoms with Crippen LogP contribution in [0.25, 0.3) is 0 Å². The zero-order valence-electron chi connectivity index (χ0n) is 16.9. The van der Waals surface area contributed by atoms with E-state index in [1.54, 1.807) is 0 Å². The number of aliphatic carboxylic acids is 2. The van der Waals surface area contributed by atoms with E-state index >= 15 is 0 Å². The van der Waals surface area contributed by atoms with E-state index in [-0.39, 0.29) is 0 Å². The number of benzene rings is 1. The fourth-order valence-electron chi connectivity index (χ4n) is 4.31. The average Bonchev–Trinajstić information content (AvgIpc) is 2.70. The molecule has 1 saturated heterocycles. The second-order valence-corrected chi connectivity index (χ2v) is 7.91. The fraction of sp³-hybridized carbons (Fsp3) is 0.636. The summed E-state index contributed by atoms with van der Waals surface area (Å²) in [5, 5.41) is 14.8. The molecule has 2 aliphatic rings. The molecule has 6 nitrogen and oxygen atoms in total. The van der Waals surface area contributed by atoms with Gasteiger partial charge in [-0.3, -0.25) is 4.90 Å². The molecule has 2 unspecified atom stereocenters. The van der Waals surface area contributed by atoms with E-state index in [0.717, 1.165) is 12.0 Å². The number of carbonyl (C=O) groups is 2. The van der Waals surface area contributed by atoms with Crippen LogP contribution in [-0.2, 0) is 16.0 Å². The Morgan fingerprint density at radius 1 is 0.964 bits per heavy atom. The van der Waals surface area contributed by atoms with Crippen LogP contribution in [0.5, 0.6) is 0 Å².